The molecule has 7 heteroatoms. The molecule has 21 heavy (non-hydrogen) atoms. The fourth-order valence-electron chi connectivity index (χ4n) is 1.86. The predicted molar refractivity (Wildman–Crippen MR) is 84.6 cm³/mol. The molecule has 0 radical (unpaired) electrons. The van der Waals surface area contributed by atoms with Gasteiger partial charge in [-0.25, -0.2) is 4.98 Å². The summed E-state index contributed by atoms with van der Waals surface area (Å²) < 4.78 is 1.88. The fraction of sp³-hybridized carbons (Fsp3) is 0.500. The van der Waals surface area contributed by atoms with Crippen LogP contribution in [0.2, 0.25) is 0 Å². The summed E-state index contributed by atoms with van der Waals surface area (Å²) >= 11 is 1.50. The van der Waals surface area contributed by atoms with Gasteiger partial charge in [-0.1, -0.05) is 0 Å². The molecule has 0 bridgehead atoms. The van der Waals surface area contributed by atoms with Crippen LogP contribution in [0.1, 0.15) is 30.5 Å². The number of hydrogen-bond donors (Lipinski definition) is 2. The Morgan fingerprint density at radius 3 is 2.76 bits per heavy atom. The zero-order chi connectivity index (χ0) is 15.4. The highest BCUT2D eigenvalue weighted by atomic mass is 32.1. The molecule has 2 heterocycles. The van der Waals surface area contributed by atoms with Gasteiger partial charge in [0, 0.05) is 23.3 Å². The monoisotopic (exact) mass is 307 g/mol. The summed E-state index contributed by atoms with van der Waals surface area (Å²) in [7, 11) is 0. The van der Waals surface area contributed by atoms with Crippen molar-refractivity contribution in [1.29, 1.82) is 0 Å². The van der Waals surface area contributed by atoms with E-state index in [4.69, 9.17) is 0 Å². The Morgan fingerprint density at radius 1 is 1.43 bits per heavy atom. The van der Waals surface area contributed by atoms with Crippen LogP contribution < -0.4 is 10.6 Å². The first-order valence-electron chi connectivity index (χ1n) is 6.93. The minimum Gasteiger partial charge on any atom is -0.304 e. The molecule has 2 atom stereocenters. The summed E-state index contributed by atoms with van der Waals surface area (Å²) in [6.45, 7) is 8.29. The largest absolute Gasteiger partial charge is 0.304 e. The van der Waals surface area contributed by atoms with Gasteiger partial charge in [0.15, 0.2) is 5.13 Å². The first-order valence-corrected chi connectivity index (χ1v) is 7.75. The maximum Gasteiger partial charge on any atom is 0.240 e. The van der Waals surface area contributed by atoms with Crippen molar-refractivity contribution in [3.05, 3.63) is 29.0 Å². The number of nitrogens with one attached hydrogen (secondary N) is 2. The van der Waals surface area contributed by atoms with Gasteiger partial charge in [-0.05, 0) is 33.8 Å². The third-order valence-electron chi connectivity index (χ3n) is 3.53. The Labute approximate surface area is 128 Å². The summed E-state index contributed by atoms with van der Waals surface area (Å²) in [5.41, 5.74) is 0.962. The van der Waals surface area contributed by atoms with Gasteiger partial charge in [0.1, 0.15) is 0 Å². The quantitative estimate of drug-likeness (QED) is 0.857. The van der Waals surface area contributed by atoms with Crippen molar-refractivity contribution < 1.29 is 4.79 Å². The standard InChI is InChI=1S/C14H21N5OS/c1-9(11(3)19-7-5-6-16-19)15-8-13(20)18-14-17-10(2)12(4)21-14/h5-7,9,11,15H,8H2,1-4H3,(H,17,18,20)/t9-,11+/m0/s1. The van der Waals surface area contributed by atoms with Gasteiger partial charge in [0.25, 0.3) is 0 Å². The van der Waals surface area contributed by atoms with E-state index in [9.17, 15) is 4.79 Å². The molecule has 0 aromatic carbocycles. The molecule has 114 valence electrons. The molecule has 0 aliphatic heterocycles. The maximum atomic E-state index is 11.9. The fourth-order valence-corrected chi connectivity index (χ4v) is 2.70. The number of carbonyl (C=O) groups excluding carboxylic acids is 1. The number of aryl methyl sites for hydroxylation is 2. The van der Waals surface area contributed by atoms with E-state index in [1.165, 1.54) is 11.3 Å². The lowest BCUT2D eigenvalue weighted by molar-refractivity contribution is -0.115. The Hall–Kier alpha value is -1.73. The van der Waals surface area contributed by atoms with E-state index in [1.807, 2.05) is 37.7 Å². The summed E-state index contributed by atoms with van der Waals surface area (Å²) in [5, 5.41) is 10.9. The maximum absolute atomic E-state index is 11.9. The Kier molecular flexibility index (Phi) is 5.08. The molecule has 0 spiro atoms. The average molecular weight is 307 g/mol. The SMILES string of the molecule is Cc1nc(NC(=O)CN[C@@H](C)[C@@H](C)n2cccn2)sc1C. The van der Waals surface area contributed by atoms with Crippen molar-refractivity contribution in [3.8, 4) is 0 Å². The van der Waals surface area contributed by atoms with Crippen LogP contribution in [0.25, 0.3) is 0 Å². The Morgan fingerprint density at radius 2 is 2.19 bits per heavy atom. The van der Waals surface area contributed by atoms with Crippen LogP contribution in [0.15, 0.2) is 18.5 Å². The highest BCUT2D eigenvalue weighted by molar-refractivity contribution is 7.15. The number of aromatic nitrogens is 3. The second kappa shape index (κ2) is 6.82. The zero-order valence-electron chi connectivity index (χ0n) is 12.8. The first-order chi connectivity index (χ1) is 9.97. The first kappa shape index (κ1) is 15.7. The van der Waals surface area contributed by atoms with Gasteiger partial charge in [-0.3, -0.25) is 9.48 Å². The van der Waals surface area contributed by atoms with Crippen molar-refractivity contribution in [3.63, 3.8) is 0 Å². The number of hydrogen-bond acceptors (Lipinski definition) is 5. The summed E-state index contributed by atoms with van der Waals surface area (Å²) in [6.07, 6.45) is 3.67. The molecule has 2 N–H and O–H groups in total. The zero-order valence-corrected chi connectivity index (χ0v) is 13.6. The molecule has 0 aliphatic carbocycles. The molecule has 2 rings (SSSR count). The average Bonchev–Trinajstić information content (AvgIpc) is 3.06. The molecule has 0 unspecified atom stereocenters. The van der Waals surface area contributed by atoms with Gasteiger partial charge in [0.05, 0.1) is 18.3 Å². The van der Waals surface area contributed by atoms with Crippen LogP contribution in [0.5, 0.6) is 0 Å². The van der Waals surface area contributed by atoms with E-state index in [-0.39, 0.29) is 24.5 Å². The lowest BCUT2D eigenvalue weighted by atomic mass is 10.2. The Balaban J connectivity index is 1.81. The molecule has 2 aromatic rings. The minimum atomic E-state index is -0.0803. The second-order valence-corrected chi connectivity index (χ2v) is 6.31. The van der Waals surface area contributed by atoms with Crippen molar-refractivity contribution in [2.45, 2.75) is 39.8 Å². The molecule has 0 fully saturated rings. The van der Waals surface area contributed by atoms with Crippen LogP contribution in [0.4, 0.5) is 5.13 Å². The summed E-state index contributed by atoms with van der Waals surface area (Å²) in [6, 6.07) is 2.20. The van der Waals surface area contributed by atoms with E-state index in [2.05, 4.69) is 27.6 Å². The molecule has 0 aliphatic rings. The molecule has 1 amide bonds. The number of rotatable bonds is 6. The van der Waals surface area contributed by atoms with Gasteiger partial charge in [-0.2, -0.15) is 5.10 Å². The van der Waals surface area contributed by atoms with E-state index in [0.29, 0.717) is 5.13 Å². The van der Waals surface area contributed by atoms with Gasteiger partial charge in [0.2, 0.25) is 5.91 Å². The predicted octanol–water partition coefficient (Wildman–Crippen LogP) is 2.13. The van der Waals surface area contributed by atoms with Crippen LogP contribution in [-0.4, -0.2) is 33.3 Å². The number of amides is 1. The van der Waals surface area contributed by atoms with Gasteiger partial charge in [-0.15, -0.1) is 11.3 Å². The van der Waals surface area contributed by atoms with Gasteiger partial charge >= 0.3 is 0 Å². The second-order valence-electron chi connectivity index (χ2n) is 5.11. The Bertz CT molecular complexity index is 573. The number of nitrogens with zero attached hydrogens (tertiary/aromatic N) is 3. The molecule has 0 saturated heterocycles. The molecule has 2 aromatic heterocycles. The number of carbonyl (C=O) groups is 1. The van der Waals surface area contributed by atoms with Crippen LogP contribution >= 0.6 is 11.3 Å². The minimum absolute atomic E-state index is 0.0803. The van der Waals surface area contributed by atoms with E-state index >= 15 is 0 Å². The normalized spacial score (nSPS) is 13.9. The van der Waals surface area contributed by atoms with Gasteiger partial charge < -0.3 is 10.6 Å². The molecule has 6 nitrogen and oxygen atoms in total. The van der Waals surface area contributed by atoms with Crippen LogP contribution in [-0.2, 0) is 4.79 Å². The third kappa shape index (κ3) is 4.12. The van der Waals surface area contributed by atoms with Crippen molar-refractivity contribution in [1.82, 2.24) is 20.1 Å². The van der Waals surface area contributed by atoms with E-state index in [0.717, 1.165) is 10.6 Å². The molecular weight excluding hydrogens is 286 g/mol. The summed E-state index contributed by atoms with van der Waals surface area (Å²) in [4.78, 5) is 17.3. The number of thiazole rings is 1. The van der Waals surface area contributed by atoms with Crippen molar-refractivity contribution in [2.24, 2.45) is 0 Å². The summed E-state index contributed by atoms with van der Waals surface area (Å²) in [5.74, 6) is -0.0803. The van der Waals surface area contributed by atoms with Crippen LogP contribution in [0, 0.1) is 13.8 Å². The lowest BCUT2D eigenvalue weighted by Crippen LogP contribution is -2.39. The third-order valence-corrected chi connectivity index (χ3v) is 4.51. The lowest BCUT2D eigenvalue weighted by Gasteiger charge is -2.21. The van der Waals surface area contributed by atoms with Crippen molar-refractivity contribution >= 4 is 22.4 Å². The molecular formula is C14H21N5OS. The molecule has 0 saturated carbocycles. The highest BCUT2D eigenvalue weighted by Crippen LogP contribution is 2.20. The van der Waals surface area contributed by atoms with E-state index in [1.54, 1.807) is 6.20 Å². The topological polar surface area (TPSA) is 71.8 Å². The number of anilines is 1. The van der Waals surface area contributed by atoms with Crippen LogP contribution in [0.3, 0.4) is 0 Å². The highest BCUT2D eigenvalue weighted by Gasteiger charge is 2.15. The van der Waals surface area contributed by atoms with E-state index < -0.39 is 0 Å². The smallest absolute Gasteiger partial charge is 0.240 e. The van der Waals surface area contributed by atoms with Crippen molar-refractivity contribution in [2.75, 3.05) is 11.9 Å².